The van der Waals surface area contributed by atoms with Crippen molar-refractivity contribution >= 4 is 17.4 Å². The zero-order valence-electron chi connectivity index (χ0n) is 20.3. The van der Waals surface area contributed by atoms with Gasteiger partial charge in [0.25, 0.3) is 0 Å². The third-order valence-electron chi connectivity index (χ3n) is 6.65. The molecule has 0 aromatic heterocycles. The molecule has 32 heavy (non-hydrogen) atoms. The molecule has 1 aromatic carbocycles. The number of likely N-dealkylation sites (tertiary alicyclic amines) is 1. The van der Waals surface area contributed by atoms with Crippen LogP contribution in [0.2, 0.25) is 0 Å². The second kappa shape index (κ2) is 10.6. The molecule has 0 aliphatic carbocycles. The van der Waals surface area contributed by atoms with E-state index in [0.717, 1.165) is 38.0 Å². The maximum atomic E-state index is 12.9. The summed E-state index contributed by atoms with van der Waals surface area (Å²) in [6, 6.07) is 8.34. The molecule has 6 heteroatoms. The molecule has 1 aromatic rings. The fraction of sp³-hybridized carbons (Fsp3) is 0.615. The number of para-hydroxylation sites is 1. The molecule has 0 spiro atoms. The highest BCUT2D eigenvalue weighted by atomic mass is 16.5. The van der Waals surface area contributed by atoms with Crippen LogP contribution in [0.5, 0.6) is 0 Å². The molecule has 176 valence electrons. The average Bonchev–Trinajstić information content (AvgIpc) is 2.94. The number of ether oxygens (including phenoxy) is 1. The van der Waals surface area contributed by atoms with Crippen molar-refractivity contribution in [1.29, 1.82) is 0 Å². The largest absolute Gasteiger partial charge is 0.379 e. The Morgan fingerprint density at radius 1 is 1.22 bits per heavy atom. The Hall–Kier alpha value is -2.18. The van der Waals surface area contributed by atoms with Gasteiger partial charge in [0.1, 0.15) is 0 Å². The first kappa shape index (κ1) is 24.5. The van der Waals surface area contributed by atoms with Gasteiger partial charge in [-0.1, -0.05) is 32.0 Å². The van der Waals surface area contributed by atoms with Crippen LogP contribution in [0.15, 0.2) is 36.0 Å². The van der Waals surface area contributed by atoms with E-state index in [1.165, 1.54) is 11.3 Å². The predicted octanol–water partition coefficient (Wildman–Crippen LogP) is 3.51. The fourth-order valence-electron chi connectivity index (χ4n) is 4.78. The summed E-state index contributed by atoms with van der Waals surface area (Å²) >= 11 is 0. The summed E-state index contributed by atoms with van der Waals surface area (Å²) in [5.74, 6) is 0.302. The summed E-state index contributed by atoms with van der Waals surface area (Å²) in [6.07, 6.45) is 4.48. The van der Waals surface area contributed by atoms with Gasteiger partial charge in [0, 0.05) is 49.0 Å². The van der Waals surface area contributed by atoms with Gasteiger partial charge in [-0.25, -0.2) is 0 Å². The standard InChI is InChI=1S/C26H39N3O3/c1-19(2)32-16-8-13-27-25(31)20-11-14-29(15-12-20)18-21(30)17-24-26(3,4)22-9-6-7-10-23(22)28(24)5/h6-7,9-10,17,19-20H,8,11-16,18H2,1-5H3,(H,27,31)/b24-17+. The molecule has 2 aliphatic rings. The summed E-state index contributed by atoms with van der Waals surface area (Å²) < 4.78 is 5.51. The third-order valence-corrected chi connectivity index (χ3v) is 6.65. The Bertz CT molecular complexity index is 838. The minimum atomic E-state index is -0.188. The molecule has 0 bridgehead atoms. The second-order valence-corrected chi connectivity index (χ2v) is 9.81. The van der Waals surface area contributed by atoms with Crippen molar-refractivity contribution < 1.29 is 14.3 Å². The van der Waals surface area contributed by atoms with Gasteiger partial charge >= 0.3 is 0 Å². The van der Waals surface area contributed by atoms with Crippen molar-refractivity contribution in [2.75, 3.05) is 44.7 Å². The van der Waals surface area contributed by atoms with Gasteiger partial charge in [0.15, 0.2) is 5.78 Å². The van der Waals surface area contributed by atoms with Crippen molar-refractivity contribution in [3.8, 4) is 0 Å². The minimum absolute atomic E-state index is 0.0418. The molecule has 1 amide bonds. The first-order valence-electron chi connectivity index (χ1n) is 11.9. The molecule has 0 saturated carbocycles. The Balaban J connectivity index is 1.45. The molecule has 1 fully saturated rings. The Labute approximate surface area is 193 Å². The van der Waals surface area contributed by atoms with Gasteiger partial charge in [-0.2, -0.15) is 0 Å². The SMILES string of the molecule is CC(C)OCCCNC(=O)C1CCN(CC(=O)/C=C2/N(C)c3ccccc3C2(C)C)CC1. The lowest BCUT2D eigenvalue weighted by molar-refractivity contribution is -0.126. The highest BCUT2D eigenvalue weighted by Gasteiger charge is 2.38. The van der Waals surface area contributed by atoms with Gasteiger partial charge in [0.2, 0.25) is 5.91 Å². The lowest BCUT2D eigenvalue weighted by Gasteiger charge is -2.31. The van der Waals surface area contributed by atoms with Crippen LogP contribution in [0, 0.1) is 5.92 Å². The van der Waals surface area contributed by atoms with E-state index in [0.29, 0.717) is 19.7 Å². The average molecular weight is 442 g/mol. The number of benzene rings is 1. The topological polar surface area (TPSA) is 61.9 Å². The predicted molar refractivity (Wildman–Crippen MR) is 129 cm³/mol. The van der Waals surface area contributed by atoms with Crippen LogP contribution in [0.3, 0.4) is 0 Å². The first-order valence-corrected chi connectivity index (χ1v) is 11.9. The molecule has 0 atom stereocenters. The molecule has 2 aliphatic heterocycles. The molecule has 0 radical (unpaired) electrons. The van der Waals surface area contributed by atoms with E-state index in [9.17, 15) is 9.59 Å². The van der Waals surface area contributed by atoms with Crippen LogP contribution in [0.1, 0.15) is 52.5 Å². The van der Waals surface area contributed by atoms with Gasteiger partial charge in [0.05, 0.1) is 12.6 Å². The number of amides is 1. The third kappa shape index (κ3) is 5.78. The Kier molecular flexibility index (Phi) is 8.12. The number of nitrogens with zero attached hydrogens (tertiary/aromatic N) is 2. The monoisotopic (exact) mass is 441 g/mol. The quantitative estimate of drug-likeness (QED) is 0.469. The second-order valence-electron chi connectivity index (χ2n) is 9.81. The van der Waals surface area contributed by atoms with Crippen molar-refractivity contribution in [2.24, 2.45) is 5.92 Å². The zero-order valence-corrected chi connectivity index (χ0v) is 20.3. The number of rotatable bonds is 9. The number of carbonyl (C=O) groups is 2. The van der Waals surface area contributed by atoms with Gasteiger partial charge in [-0.3, -0.25) is 14.5 Å². The first-order chi connectivity index (χ1) is 15.2. The Morgan fingerprint density at radius 2 is 1.91 bits per heavy atom. The lowest BCUT2D eigenvalue weighted by Crippen LogP contribution is -2.42. The number of ketones is 1. The summed E-state index contributed by atoms with van der Waals surface area (Å²) in [7, 11) is 2.03. The van der Waals surface area contributed by atoms with Gasteiger partial charge in [-0.05, 0) is 57.8 Å². The molecular formula is C26H39N3O3. The summed E-state index contributed by atoms with van der Waals surface area (Å²) in [5, 5.41) is 3.03. The highest BCUT2D eigenvalue weighted by molar-refractivity contribution is 5.94. The number of nitrogens with one attached hydrogen (secondary N) is 1. The van der Waals surface area contributed by atoms with Gasteiger partial charge in [-0.15, -0.1) is 0 Å². The zero-order chi connectivity index (χ0) is 23.3. The van der Waals surface area contributed by atoms with Crippen molar-refractivity contribution in [2.45, 2.75) is 58.5 Å². The number of allylic oxidation sites excluding steroid dienone is 1. The highest BCUT2D eigenvalue weighted by Crippen LogP contribution is 2.46. The smallest absolute Gasteiger partial charge is 0.223 e. The van der Waals surface area contributed by atoms with Crippen LogP contribution in [-0.4, -0.2) is 62.5 Å². The van der Waals surface area contributed by atoms with Crippen molar-refractivity contribution in [3.63, 3.8) is 0 Å². The van der Waals surface area contributed by atoms with Crippen LogP contribution in [0.25, 0.3) is 0 Å². The summed E-state index contributed by atoms with van der Waals surface area (Å²) in [5.41, 5.74) is 3.27. The molecule has 6 nitrogen and oxygen atoms in total. The maximum Gasteiger partial charge on any atom is 0.223 e. The molecule has 1 N–H and O–H groups in total. The van der Waals surface area contributed by atoms with Crippen LogP contribution < -0.4 is 10.2 Å². The number of hydrogen-bond donors (Lipinski definition) is 1. The number of anilines is 1. The van der Waals surface area contributed by atoms with E-state index >= 15 is 0 Å². The number of fused-ring (bicyclic) bond motifs is 1. The van der Waals surface area contributed by atoms with Crippen LogP contribution in [0.4, 0.5) is 5.69 Å². The molecule has 2 heterocycles. The van der Waals surface area contributed by atoms with Crippen molar-refractivity contribution in [3.05, 3.63) is 41.6 Å². The number of piperidine rings is 1. The van der Waals surface area contributed by atoms with E-state index in [-0.39, 0.29) is 29.1 Å². The maximum absolute atomic E-state index is 12.9. The van der Waals surface area contributed by atoms with Crippen LogP contribution in [-0.2, 0) is 19.7 Å². The molecular weight excluding hydrogens is 402 g/mol. The lowest BCUT2D eigenvalue weighted by atomic mass is 9.83. The minimum Gasteiger partial charge on any atom is -0.379 e. The summed E-state index contributed by atoms with van der Waals surface area (Å²) in [4.78, 5) is 29.6. The normalized spacial score (nSPS) is 20.1. The van der Waals surface area contributed by atoms with E-state index in [4.69, 9.17) is 4.74 Å². The van der Waals surface area contributed by atoms with Crippen molar-refractivity contribution in [1.82, 2.24) is 10.2 Å². The summed E-state index contributed by atoms with van der Waals surface area (Å²) in [6.45, 7) is 11.7. The molecule has 3 rings (SSSR count). The molecule has 1 saturated heterocycles. The number of carbonyl (C=O) groups excluding carboxylic acids is 2. The fourth-order valence-corrected chi connectivity index (χ4v) is 4.78. The number of hydrogen-bond acceptors (Lipinski definition) is 5. The van der Waals surface area contributed by atoms with Crippen LogP contribution >= 0.6 is 0 Å². The Morgan fingerprint density at radius 3 is 2.56 bits per heavy atom. The van der Waals surface area contributed by atoms with E-state index in [1.54, 1.807) is 0 Å². The van der Waals surface area contributed by atoms with Gasteiger partial charge < -0.3 is 15.0 Å². The van der Waals surface area contributed by atoms with E-state index < -0.39 is 0 Å². The number of likely N-dealkylation sites (N-methyl/N-ethyl adjacent to an activating group) is 1. The molecule has 0 unspecified atom stereocenters. The van der Waals surface area contributed by atoms with E-state index in [2.05, 4.69) is 47.2 Å². The van der Waals surface area contributed by atoms with E-state index in [1.807, 2.05) is 33.0 Å².